The molecule has 4 heteroatoms. The zero-order chi connectivity index (χ0) is 15.4. The van der Waals surface area contributed by atoms with Crippen LogP contribution in [0.5, 0.6) is 0 Å². The molecule has 0 atom stereocenters. The number of nitrogens with zero attached hydrogens (tertiary/aromatic N) is 2. The van der Waals surface area contributed by atoms with Gasteiger partial charge in [-0.15, -0.1) is 0 Å². The Balaban J connectivity index is 1.50. The second kappa shape index (κ2) is 7.36. The summed E-state index contributed by atoms with van der Waals surface area (Å²) in [4.78, 5) is 4.92. The Morgan fingerprint density at radius 2 is 1.41 bits per heavy atom. The highest BCUT2D eigenvalue weighted by molar-refractivity contribution is 9.10. The Bertz CT molecular complexity index is 607. The second-order valence-electron chi connectivity index (χ2n) is 5.77. The molecule has 0 unspecified atom stereocenters. The summed E-state index contributed by atoms with van der Waals surface area (Å²) in [5.41, 5.74) is 2.52. The molecule has 0 spiro atoms. The molecule has 2 aromatic carbocycles. The van der Waals surface area contributed by atoms with Crippen LogP contribution in [0.15, 0.2) is 53.0 Å². The van der Waals surface area contributed by atoms with Crippen molar-refractivity contribution in [2.75, 3.05) is 26.2 Å². The topological polar surface area (TPSA) is 6.48 Å². The van der Waals surface area contributed by atoms with E-state index >= 15 is 0 Å². The van der Waals surface area contributed by atoms with E-state index in [0.29, 0.717) is 0 Å². The number of hydrogen-bond donors (Lipinski definition) is 0. The summed E-state index contributed by atoms with van der Waals surface area (Å²) in [5, 5.41) is 0. The van der Waals surface area contributed by atoms with Crippen LogP contribution >= 0.6 is 15.9 Å². The summed E-state index contributed by atoms with van der Waals surface area (Å²) in [6.45, 7) is 6.16. The third kappa shape index (κ3) is 4.15. The van der Waals surface area contributed by atoms with E-state index in [9.17, 15) is 4.39 Å². The number of piperazine rings is 1. The minimum Gasteiger partial charge on any atom is -0.297 e. The number of benzene rings is 2. The minimum absolute atomic E-state index is 0.165. The maximum Gasteiger partial charge on any atom is 0.123 e. The van der Waals surface area contributed by atoms with Crippen LogP contribution < -0.4 is 0 Å². The van der Waals surface area contributed by atoms with E-state index < -0.39 is 0 Å². The summed E-state index contributed by atoms with van der Waals surface area (Å²) in [6, 6.07) is 15.2. The van der Waals surface area contributed by atoms with Gasteiger partial charge in [0.15, 0.2) is 0 Å². The van der Waals surface area contributed by atoms with E-state index in [1.54, 1.807) is 12.1 Å². The maximum absolute atomic E-state index is 12.9. The van der Waals surface area contributed by atoms with Crippen molar-refractivity contribution in [2.24, 2.45) is 0 Å². The quantitative estimate of drug-likeness (QED) is 0.813. The van der Waals surface area contributed by atoms with Gasteiger partial charge in [-0.3, -0.25) is 9.80 Å². The molecule has 0 amide bonds. The molecule has 3 rings (SSSR count). The van der Waals surface area contributed by atoms with Gasteiger partial charge in [-0.2, -0.15) is 0 Å². The predicted octanol–water partition coefficient (Wildman–Crippen LogP) is 3.91. The van der Waals surface area contributed by atoms with Gasteiger partial charge in [0.2, 0.25) is 0 Å². The Labute approximate surface area is 139 Å². The maximum atomic E-state index is 12.9. The fourth-order valence-electron chi connectivity index (χ4n) is 2.82. The molecule has 1 heterocycles. The number of hydrogen-bond acceptors (Lipinski definition) is 2. The van der Waals surface area contributed by atoms with Crippen molar-refractivity contribution in [3.63, 3.8) is 0 Å². The van der Waals surface area contributed by atoms with Gasteiger partial charge < -0.3 is 0 Å². The molecule has 2 aromatic rings. The molecule has 0 aliphatic carbocycles. The predicted molar refractivity (Wildman–Crippen MR) is 91.1 cm³/mol. The molecule has 1 saturated heterocycles. The fourth-order valence-corrected chi connectivity index (χ4v) is 3.23. The van der Waals surface area contributed by atoms with Gasteiger partial charge in [-0.05, 0) is 29.3 Å². The number of halogens is 2. The first-order valence-corrected chi connectivity index (χ1v) is 8.42. The molecule has 0 aromatic heterocycles. The van der Waals surface area contributed by atoms with Crippen LogP contribution in [0.1, 0.15) is 11.1 Å². The molecular formula is C18H20BrFN2. The van der Waals surface area contributed by atoms with Gasteiger partial charge >= 0.3 is 0 Å². The molecule has 1 aliphatic rings. The largest absolute Gasteiger partial charge is 0.297 e. The fraction of sp³-hybridized carbons (Fsp3) is 0.333. The third-order valence-electron chi connectivity index (χ3n) is 4.14. The van der Waals surface area contributed by atoms with Gasteiger partial charge in [-0.25, -0.2) is 4.39 Å². The first-order chi connectivity index (χ1) is 10.7. The van der Waals surface area contributed by atoms with Gasteiger partial charge in [0.1, 0.15) is 5.82 Å². The summed E-state index contributed by atoms with van der Waals surface area (Å²) >= 11 is 3.62. The van der Waals surface area contributed by atoms with Crippen LogP contribution in [0.25, 0.3) is 0 Å². The van der Waals surface area contributed by atoms with E-state index in [-0.39, 0.29) is 5.82 Å². The Morgan fingerprint density at radius 1 is 0.818 bits per heavy atom. The molecule has 0 bridgehead atoms. The molecule has 1 aliphatic heterocycles. The zero-order valence-corrected chi connectivity index (χ0v) is 14.1. The molecule has 116 valence electrons. The van der Waals surface area contributed by atoms with Crippen LogP contribution in [0, 0.1) is 5.82 Å². The van der Waals surface area contributed by atoms with Crippen LogP contribution in [-0.4, -0.2) is 36.0 Å². The molecule has 1 fully saturated rings. The lowest BCUT2D eigenvalue weighted by Gasteiger charge is -2.34. The zero-order valence-electron chi connectivity index (χ0n) is 12.5. The summed E-state index contributed by atoms with van der Waals surface area (Å²) < 4.78 is 14.1. The number of rotatable bonds is 4. The smallest absolute Gasteiger partial charge is 0.123 e. The van der Waals surface area contributed by atoms with Crippen molar-refractivity contribution in [1.29, 1.82) is 0 Å². The molecule has 22 heavy (non-hydrogen) atoms. The minimum atomic E-state index is -0.165. The van der Waals surface area contributed by atoms with Gasteiger partial charge in [0, 0.05) is 43.7 Å². The highest BCUT2D eigenvalue weighted by atomic mass is 79.9. The first-order valence-electron chi connectivity index (χ1n) is 7.63. The van der Waals surface area contributed by atoms with Crippen LogP contribution in [0.3, 0.4) is 0 Å². The van der Waals surface area contributed by atoms with Crippen LogP contribution in [0.2, 0.25) is 0 Å². The van der Waals surface area contributed by atoms with Crippen molar-refractivity contribution < 1.29 is 4.39 Å². The van der Waals surface area contributed by atoms with Crippen LogP contribution in [-0.2, 0) is 13.1 Å². The molecular weight excluding hydrogens is 343 g/mol. The van der Waals surface area contributed by atoms with Crippen molar-refractivity contribution >= 4 is 15.9 Å². The second-order valence-corrected chi connectivity index (χ2v) is 6.62. The van der Waals surface area contributed by atoms with Crippen LogP contribution in [0.4, 0.5) is 4.39 Å². The SMILES string of the molecule is Fc1ccc(CN2CCN(Cc3ccccc3Br)CC2)cc1. The highest BCUT2D eigenvalue weighted by Gasteiger charge is 2.17. The van der Waals surface area contributed by atoms with Gasteiger partial charge in [-0.1, -0.05) is 46.3 Å². The average molecular weight is 363 g/mol. The van der Waals surface area contributed by atoms with E-state index in [4.69, 9.17) is 0 Å². The molecule has 2 nitrogen and oxygen atoms in total. The van der Waals surface area contributed by atoms with E-state index in [2.05, 4.69) is 43.9 Å². The van der Waals surface area contributed by atoms with E-state index in [0.717, 1.165) is 39.3 Å². The van der Waals surface area contributed by atoms with Crippen molar-refractivity contribution in [1.82, 2.24) is 9.80 Å². The lowest BCUT2D eigenvalue weighted by molar-refractivity contribution is 0.122. The molecule has 0 N–H and O–H groups in total. The first kappa shape index (κ1) is 15.7. The van der Waals surface area contributed by atoms with E-state index in [1.165, 1.54) is 15.6 Å². The Kier molecular flexibility index (Phi) is 5.24. The van der Waals surface area contributed by atoms with Crippen molar-refractivity contribution in [3.05, 3.63) is 69.9 Å². The Hall–Kier alpha value is -1.23. The summed E-state index contributed by atoms with van der Waals surface area (Å²) in [5.74, 6) is -0.165. The monoisotopic (exact) mass is 362 g/mol. The summed E-state index contributed by atoms with van der Waals surface area (Å²) in [6.07, 6.45) is 0. The normalized spacial score (nSPS) is 16.8. The molecule has 0 radical (unpaired) electrons. The molecule has 0 saturated carbocycles. The van der Waals surface area contributed by atoms with Crippen molar-refractivity contribution in [3.8, 4) is 0 Å². The van der Waals surface area contributed by atoms with Gasteiger partial charge in [0.25, 0.3) is 0 Å². The van der Waals surface area contributed by atoms with E-state index in [1.807, 2.05) is 18.2 Å². The lowest BCUT2D eigenvalue weighted by Crippen LogP contribution is -2.45. The average Bonchev–Trinajstić information content (AvgIpc) is 2.54. The highest BCUT2D eigenvalue weighted by Crippen LogP contribution is 2.19. The third-order valence-corrected chi connectivity index (χ3v) is 4.91. The Morgan fingerprint density at radius 3 is 2.05 bits per heavy atom. The van der Waals surface area contributed by atoms with Crippen molar-refractivity contribution in [2.45, 2.75) is 13.1 Å². The standard InChI is InChI=1S/C18H20BrFN2/c19-18-4-2-1-3-16(18)14-22-11-9-21(10-12-22)13-15-5-7-17(20)8-6-15/h1-8H,9-14H2. The van der Waals surface area contributed by atoms with Gasteiger partial charge in [0.05, 0.1) is 0 Å². The summed E-state index contributed by atoms with van der Waals surface area (Å²) in [7, 11) is 0. The lowest BCUT2D eigenvalue weighted by atomic mass is 10.1.